The number of ketones is 1. The van der Waals surface area contributed by atoms with E-state index in [2.05, 4.69) is 4.98 Å². The van der Waals surface area contributed by atoms with E-state index in [1.54, 1.807) is 6.92 Å². The lowest BCUT2D eigenvalue weighted by molar-refractivity contribution is 0.0971. The summed E-state index contributed by atoms with van der Waals surface area (Å²) in [5, 5.41) is 0.778. The number of benzene rings is 1. The van der Waals surface area contributed by atoms with Gasteiger partial charge in [0, 0.05) is 48.5 Å². The number of nitrogens with one attached hydrogen (secondary N) is 1. The van der Waals surface area contributed by atoms with Crippen LogP contribution in [0.3, 0.4) is 0 Å². The van der Waals surface area contributed by atoms with E-state index in [-0.39, 0.29) is 17.2 Å². The van der Waals surface area contributed by atoms with Crippen LogP contribution in [0.1, 0.15) is 16.1 Å². The molecule has 3 rings (SSSR count). The maximum absolute atomic E-state index is 12.8. The first-order valence-electron chi connectivity index (χ1n) is 7.95. The Hall–Kier alpha value is -2.71. The summed E-state index contributed by atoms with van der Waals surface area (Å²) < 4.78 is 26.7. The fraction of sp³-hybridized carbons (Fsp3) is 0.222. The normalized spacial score (nSPS) is 12.0. The lowest BCUT2D eigenvalue weighted by atomic mass is 10.1. The monoisotopic (exact) mass is 373 g/mol. The van der Waals surface area contributed by atoms with Crippen LogP contribution in [-0.2, 0) is 16.6 Å². The molecule has 0 fully saturated rings. The number of aryl methyl sites for hydroxylation is 1. The van der Waals surface area contributed by atoms with Gasteiger partial charge in [0.2, 0.25) is 10.0 Å². The number of para-hydroxylation sites is 1. The van der Waals surface area contributed by atoms with Crippen LogP contribution in [0.2, 0.25) is 0 Å². The molecule has 136 valence electrons. The van der Waals surface area contributed by atoms with Crippen LogP contribution in [0.25, 0.3) is 10.9 Å². The molecular weight excluding hydrogens is 354 g/mol. The summed E-state index contributed by atoms with van der Waals surface area (Å²) in [7, 11) is -0.877. The predicted molar refractivity (Wildman–Crippen MR) is 98.9 cm³/mol. The molecule has 7 nitrogen and oxygen atoms in total. The van der Waals surface area contributed by atoms with E-state index in [0.717, 1.165) is 25.8 Å². The Labute approximate surface area is 150 Å². The van der Waals surface area contributed by atoms with Crippen molar-refractivity contribution in [2.45, 2.75) is 18.4 Å². The van der Waals surface area contributed by atoms with Gasteiger partial charge in [0.15, 0.2) is 5.78 Å². The highest BCUT2D eigenvalue weighted by Crippen LogP contribution is 2.22. The molecule has 2 heterocycles. The fourth-order valence-corrected chi connectivity index (χ4v) is 3.79. The minimum Gasteiger partial charge on any atom is -0.358 e. The van der Waals surface area contributed by atoms with Crippen LogP contribution in [0, 0.1) is 6.92 Å². The van der Waals surface area contributed by atoms with Crippen molar-refractivity contribution in [1.29, 1.82) is 0 Å². The van der Waals surface area contributed by atoms with Crippen LogP contribution in [0.15, 0.2) is 52.3 Å². The molecule has 0 spiro atoms. The number of fused-ring (bicyclic) bond motifs is 1. The van der Waals surface area contributed by atoms with Gasteiger partial charge in [0.05, 0.1) is 11.4 Å². The second kappa shape index (κ2) is 6.54. The molecule has 8 heteroatoms. The second-order valence-electron chi connectivity index (χ2n) is 6.21. The highest BCUT2D eigenvalue weighted by molar-refractivity contribution is 7.89. The van der Waals surface area contributed by atoms with E-state index in [1.807, 2.05) is 24.3 Å². The third-order valence-electron chi connectivity index (χ3n) is 4.22. The van der Waals surface area contributed by atoms with Crippen molar-refractivity contribution >= 4 is 26.7 Å². The van der Waals surface area contributed by atoms with Gasteiger partial charge < -0.3 is 9.55 Å². The maximum Gasteiger partial charge on any atom is 0.251 e. The van der Waals surface area contributed by atoms with Crippen molar-refractivity contribution in [3.05, 3.63) is 64.2 Å². The second-order valence-corrected chi connectivity index (χ2v) is 8.36. The number of hydrogen-bond acceptors (Lipinski definition) is 4. The Morgan fingerprint density at radius 1 is 1.15 bits per heavy atom. The van der Waals surface area contributed by atoms with Gasteiger partial charge in [-0.25, -0.2) is 12.7 Å². The number of nitrogens with zero attached hydrogens (tertiary/aromatic N) is 2. The molecule has 0 aliphatic carbocycles. The van der Waals surface area contributed by atoms with E-state index in [9.17, 15) is 18.0 Å². The molecule has 0 bridgehead atoms. The first-order valence-corrected chi connectivity index (χ1v) is 9.39. The zero-order valence-electron chi connectivity index (χ0n) is 14.7. The molecule has 0 saturated heterocycles. The quantitative estimate of drug-likeness (QED) is 0.690. The van der Waals surface area contributed by atoms with Gasteiger partial charge in [-0.15, -0.1) is 0 Å². The van der Waals surface area contributed by atoms with Gasteiger partial charge in [-0.2, -0.15) is 0 Å². The maximum atomic E-state index is 12.8. The summed E-state index contributed by atoms with van der Waals surface area (Å²) in [4.78, 5) is 28.0. The number of carbonyl (C=O) groups excluding carboxylic acids is 1. The highest BCUT2D eigenvalue weighted by Gasteiger charge is 2.20. The lowest BCUT2D eigenvalue weighted by Gasteiger charge is -2.13. The van der Waals surface area contributed by atoms with E-state index in [1.165, 1.54) is 26.4 Å². The molecule has 1 N–H and O–H groups in total. The van der Waals surface area contributed by atoms with Gasteiger partial charge >= 0.3 is 0 Å². The minimum atomic E-state index is -3.69. The zero-order valence-corrected chi connectivity index (χ0v) is 15.5. The third-order valence-corrected chi connectivity index (χ3v) is 6.02. The van der Waals surface area contributed by atoms with Gasteiger partial charge in [-0.1, -0.05) is 18.2 Å². The number of sulfonamides is 1. The van der Waals surface area contributed by atoms with Crippen molar-refractivity contribution in [2.24, 2.45) is 0 Å². The highest BCUT2D eigenvalue weighted by atomic mass is 32.2. The van der Waals surface area contributed by atoms with Gasteiger partial charge in [-0.3, -0.25) is 9.59 Å². The Kier molecular flexibility index (Phi) is 4.55. The summed E-state index contributed by atoms with van der Waals surface area (Å²) in [6.45, 7) is 1.56. The molecule has 0 aliphatic heterocycles. The van der Waals surface area contributed by atoms with Crippen LogP contribution in [0.5, 0.6) is 0 Å². The number of carbonyl (C=O) groups is 1. The van der Waals surface area contributed by atoms with Crippen LogP contribution >= 0.6 is 0 Å². The van der Waals surface area contributed by atoms with Gasteiger partial charge in [0.25, 0.3) is 5.56 Å². The summed E-state index contributed by atoms with van der Waals surface area (Å²) >= 11 is 0. The van der Waals surface area contributed by atoms with Crippen LogP contribution in [0.4, 0.5) is 0 Å². The Bertz CT molecular complexity index is 1160. The van der Waals surface area contributed by atoms with E-state index < -0.39 is 15.6 Å². The molecule has 0 saturated carbocycles. The van der Waals surface area contributed by atoms with E-state index in [4.69, 9.17) is 0 Å². The number of H-pyrrole nitrogens is 1. The largest absolute Gasteiger partial charge is 0.358 e. The molecule has 0 amide bonds. The van der Waals surface area contributed by atoms with Crippen LogP contribution in [-0.4, -0.2) is 42.2 Å². The van der Waals surface area contributed by atoms with Crippen molar-refractivity contribution < 1.29 is 13.2 Å². The first-order chi connectivity index (χ1) is 12.2. The summed E-state index contributed by atoms with van der Waals surface area (Å²) in [5.74, 6) is -0.263. The standard InChI is InChI=1S/C18H19N3O4S/c1-12-18(14-6-4-5-7-15(14)19-12)16(22)11-21-10-13(8-9-17(21)23)26(24,25)20(2)3/h4-10,19H,11H2,1-3H3. The topological polar surface area (TPSA) is 92.2 Å². The molecular formula is C18H19N3O4S. The number of aromatic amines is 1. The van der Waals surface area contributed by atoms with Crippen molar-refractivity contribution in [2.75, 3.05) is 14.1 Å². The molecule has 0 radical (unpaired) electrons. The Balaban J connectivity index is 2.02. The average Bonchev–Trinajstić information content (AvgIpc) is 2.92. The van der Waals surface area contributed by atoms with E-state index in [0.29, 0.717) is 11.3 Å². The minimum absolute atomic E-state index is 0.0365. The van der Waals surface area contributed by atoms with E-state index >= 15 is 0 Å². The zero-order chi connectivity index (χ0) is 19.1. The predicted octanol–water partition coefficient (Wildman–Crippen LogP) is 1.77. The number of aromatic nitrogens is 2. The third kappa shape index (κ3) is 3.09. The molecule has 0 aliphatic rings. The molecule has 2 aromatic heterocycles. The van der Waals surface area contributed by atoms with Gasteiger partial charge in [-0.05, 0) is 19.1 Å². The Morgan fingerprint density at radius 3 is 2.54 bits per heavy atom. The van der Waals surface area contributed by atoms with Crippen LogP contribution < -0.4 is 5.56 Å². The van der Waals surface area contributed by atoms with Crippen molar-refractivity contribution in [3.8, 4) is 0 Å². The fourth-order valence-electron chi connectivity index (χ4n) is 2.87. The first kappa shape index (κ1) is 18.1. The molecule has 0 atom stereocenters. The molecule has 26 heavy (non-hydrogen) atoms. The SMILES string of the molecule is Cc1[nH]c2ccccc2c1C(=O)Cn1cc(S(=O)(=O)N(C)C)ccc1=O. The molecule has 1 aromatic carbocycles. The smallest absolute Gasteiger partial charge is 0.251 e. The van der Waals surface area contributed by atoms with Crippen molar-refractivity contribution in [3.63, 3.8) is 0 Å². The summed E-state index contributed by atoms with van der Waals surface area (Å²) in [5.41, 5.74) is 1.62. The molecule has 3 aromatic rings. The lowest BCUT2D eigenvalue weighted by Crippen LogP contribution is -2.27. The summed E-state index contributed by atoms with van der Waals surface area (Å²) in [6.07, 6.45) is 1.21. The average molecular weight is 373 g/mol. The summed E-state index contributed by atoms with van der Waals surface area (Å²) in [6, 6.07) is 9.81. The number of rotatable bonds is 5. The Morgan fingerprint density at radius 2 is 1.85 bits per heavy atom. The number of Topliss-reactive ketones (excluding diaryl/α,β-unsaturated/α-hetero) is 1. The van der Waals surface area contributed by atoms with Gasteiger partial charge in [0.1, 0.15) is 0 Å². The number of hydrogen-bond donors (Lipinski definition) is 1. The number of pyridine rings is 1. The van der Waals surface area contributed by atoms with Crippen molar-refractivity contribution in [1.82, 2.24) is 13.9 Å². The molecule has 0 unspecified atom stereocenters.